The average molecular weight is 330 g/mol. The number of hydrogen-bond donors (Lipinski definition) is 2. The summed E-state index contributed by atoms with van der Waals surface area (Å²) in [4.78, 5) is 14.5. The van der Waals surface area contributed by atoms with E-state index in [0.717, 1.165) is 16.7 Å². The first-order valence-corrected chi connectivity index (χ1v) is 7.31. The molecule has 2 N–H and O–H groups in total. The fourth-order valence-electron chi connectivity index (χ4n) is 1.94. The number of alkyl halides is 3. The van der Waals surface area contributed by atoms with E-state index >= 15 is 0 Å². The summed E-state index contributed by atoms with van der Waals surface area (Å²) < 4.78 is 37.4. The lowest BCUT2D eigenvalue weighted by Crippen LogP contribution is -2.10. The maximum absolute atomic E-state index is 12.5. The molecule has 0 fully saturated rings. The van der Waals surface area contributed by atoms with Gasteiger partial charge in [0, 0.05) is 11.1 Å². The number of thiazole rings is 1. The number of nitrogens with zero attached hydrogens (tertiary/aromatic N) is 1. The smallest absolute Gasteiger partial charge is 0.434 e. The molecular weight excluding hydrogens is 317 g/mol. The molecule has 1 aromatic heterocycles. The number of halogens is 3. The van der Waals surface area contributed by atoms with Crippen molar-refractivity contribution in [3.63, 3.8) is 0 Å². The molecule has 0 aliphatic carbocycles. The standard InChI is InChI=1S/C14H13F3N2O2S/c1-2-10(12(20)21)8-3-5-9(6-4-8)18-13-19-11(7-22-13)14(15,16)17/h3-7,10H,2H2,1H3,(H,18,19)(H,20,21)/t10-/m1/s1. The highest BCUT2D eigenvalue weighted by Crippen LogP contribution is 2.32. The number of carboxylic acids is 1. The first-order chi connectivity index (χ1) is 10.3. The summed E-state index contributed by atoms with van der Waals surface area (Å²) in [5.41, 5.74) is 0.260. The molecule has 2 aromatic rings. The Bertz CT molecular complexity index is 653. The SMILES string of the molecule is CC[C@@H](C(=O)O)c1ccc(Nc2nc(C(F)(F)F)cs2)cc1. The van der Waals surface area contributed by atoms with Crippen LogP contribution in [0.4, 0.5) is 24.0 Å². The van der Waals surface area contributed by atoms with Gasteiger partial charge in [-0.25, -0.2) is 4.98 Å². The van der Waals surface area contributed by atoms with Gasteiger partial charge in [0.05, 0.1) is 5.92 Å². The Hall–Kier alpha value is -2.09. The van der Waals surface area contributed by atoms with Crippen molar-refractivity contribution in [2.45, 2.75) is 25.4 Å². The number of aliphatic carboxylic acids is 1. The van der Waals surface area contributed by atoms with Crippen molar-refractivity contribution in [3.8, 4) is 0 Å². The largest absolute Gasteiger partial charge is 0.481 e. The van der Waals surface area contributed by atoms with Crippen LogP contribution < -0.4 is 5.32 Å². The maximum atomic E-state index is 12.5. The number of rotatable bonds is 5. The summed E-state index contributed by atoms with van der Waals surface area (Å²) in [7, 11) is 0. The summed E-state index contributed by atoms with van der Waals surface area (Å²) in [5.74, 6) is -1.50. The zero-order valence-corrected chi connectivity index (χ0v) is 12.3. The van der Waals surface area contributed by atoms with Crippen LogP contribution in [0.25, 0.3) is 0 Å². The van der Waals surface area contributed by atoms with Crippen LogP contribution in [0.2, 0.25) is 0 Å². The van der Waals surface area contributed by atoms with Crippen LogP contribution in [-0.2, 0) is 11.0 Å². The zero-order valence-electron chi connectivity index (χ0n) is 11.5. The molecule has 0 saturated carbocycles. The average Bonchev–Trinajstić information content (AvgIpc) is 2.89. The third-order valence-electron chi connectivity index (χ3n) is 3.07. The highest BCUT2D eigenvalue weighted by atomic mass is 32.1. The van der Waals surface area contributed by atoms with Crippen molar-refractivity contribution < 1.29 is 23.1 Å². The van der Waals surface area contributed by atoms with E-state index in [4.69, 9.17) is 5.11 Å². The van der Waals surface area contributed by atoms with Gasteiger partial charge in [0.25, 0.3) is 0 Å². The van der Waals surface area contributed by atoms with Gasteiger partial charge in [0.1, 0.15) is 0 Å². The van der Waals surface area contributed by atoms with Gasteiger partial charge in [-0.3, -0.25) is 4.79 Å². The van der Waals surface area contributed by atoms with E-state index in [1.807, 2.05) is 0 Å². The van der Waals surface area contributed by atoms with Crippen molar-refractivity contribution in [2.24, 2.45) is 0 Å². The van der Waals surface area contributed by atoms with E-state index in [-0.39, 0.29) is 5.13 Å². The van der Waals surface area contributed by atoms with E-state index in [9.17, 15) is 18.0 Å². The number of carbonyl (C=O) groups is 1. The van der Waals surface area contributed by atoms with Crippen molar-refractivity contribution in [1.82, 2.24) is 4.98 Å². The Morgan fingerprint density at radius 1 is 1.36 bits per heavy atom. The Labute approximate surface area is 128 Å². The fraction of sp³-hybridized carbons (Fsp3) is 0.286. The zero-order chi connectivity index (χ0) is 16.3. The quantitative estimate of drug-likeness (QED) is 0.848. The van der Waals surface area contributed by atoms with Crippen molar-refractivity contribution >= 4 is 28.1 Å². The van der Waals surface area contributed by atoms with Gasteiger partial charge in [-0.05, 0) is 24.1 Å². The molecule has 2 rings (SSSR count). The number of aromatic nitrogens is 1. The Morgan fingerprint density at radius 3 is 2.45 bits per heavy atom. The molecule has 22 heavy (non-hydrogen) atoms. The molecule has 0 unspecified atom stereocenters. The Kier molecular flexibility index (Phi) is 4.70. The van der Waals surface area contributed by atoms with Gasteiger partial charge in [-0.15, -0.1) is 11.3 Å². The van der Waals surface area contributed by atoms with Crippen LogP contribution in [0.1, 0.15) is 30.5 Å². The third kappa shape index (κ3) is 3.76. The Morgan fingerprint density at radius 2 is 2.00 bits per heavy atom. The number of hydrogen-bond acceptors (Lipinski definition) is 4. The summed E-state index contributed by atoms with van der Waals surface area (Å²) in [5, 5.41) is 12.9. The van der Waals surface area contributed by atoms with E-state index in [2.05, 4.69) is 10.3 Å². The minimum atomic E-state index is -4.46. The first-order valence-electron chi connectivity index (χ1n) is 6.43. The van der Waals surface area contributed by atoms with E-state index in [0.29, 0.717) is 17.7 Å². The summed E-state index contributed by atoms with van der Waals surface area (Å²) >= 11 is 0.855. The highest BCUT2D eigenvalue weighted by molar-refractivity contribution is 7.13. The molecule has 0 spiro atoms. The molecule has 1 heterocycles. The molecule has 0 saturated heterocycles. The number of benzene rings is 1. The minimum absolute atomic E-state index is 0.130. The van der Waals surface area contributed by atoms with E-state index in [1.165, 1.54) is 0 Å². The predicted molar refractivity (Wildman–Crippen MR) is 77.5 cm³/mol. The number of carboxylic acid groups (broad SMARTS) is 1. The molecule has 1 atom stereocenters. The fourth-order valence-corrected chi connectivity index (χ4v) is 2.67. The molecule has 0 radical (unpaired) electrons. The molecule has 0 aliphatic rings. The summed E-state index contributed by atoms with van der Waals surface area (Å²) in [6, 6.07) is 6.52. The molecule has 0 bridgehead atoms. The first kappa shape index (κ1) is 16.3. The summed E-state index contributed by atoms with van der Waals surface area (Å²) in [6.07, 6.45) is -4.00. The molecule has 8 heteroatoms. The van der Waals surface area contributed by atoms with E-state index in [1.54, 1.807) is 31.2 Å². The maximum Gasteiger partial charge on any atom is 0.434 e. The summed E-state index contributed by atoms with van der Waals surface area (Å²) in [6.45, 7) is 1.78. The Balaban J connectivity index is 2.11. The minimum Gasteiger partial charge on any atom is -0.481 e. The third-order valence-corrected chi connectivity index (χ3v) is 3.82. The van der Waals surface area contributed by atoms with Gasteiger partial charge in [0.2, 0.25) is 0 Å². The van der Waals surface area contributed by atoms with Crippen LogP contribution in [-0.4, -0.2) is 16.1 Å². The molecule has 4 nitrogen and oxygen atoms in total. The lowest BCUT2D eigenvalue weighted by Gasteiger charge is -2.11. The lowest BCUT2D eigenvalue weighted by molar-refractivity contribution is -0.141. The van der Waals surface area contributed by atoms with Gasteiger partial charge in [-0.2, -0.15) is 13.2 Å². The topological polar surface area (TPSA) is 62.2 Å². The van der Waals surface area contributed by atoms with Crippen LogP contribution in [0.15, 0.2) is 29.6 Å². The van der Waals surface area contributed by atoms with Gasteiger partial charge in [0.15, 0.2) is 10.8 Å². The second-order valence-corrected chi connectivity index (χ2v) is 5.44. The molecule has 0 amide bonds. The van der Waals surface area contributed by atoms with Crippen LogP contribution in [0.5, 0.6) is 0 Å². The van der Waals surface area contributed by atoms with Gasteiger partial charge >= 0.3 is 12.1 Å². The lowest BCUT2D eigenvalue weighted by atomic mass is 9.96. The second-order valence-electron chi connectivity index (χ2n) is 4.58. The van der Waals surface area contributed by atoms with Crippen LogP contribution >= 0.6 is 11.3 Å². The monoisotopic (exact) mass is 330 g/mol. The predicted octanol–water partition coefficient (Wildman–Crippen LogP) is 4.48. The van der Waals surface area contributed by atoms with Gasteiger partial charge < -0.3 is 10.4 Å². The molecule has 118 valence electrons. The number of nitrogens with one attached hydrogen (secondary N) is 1. The van der Waals surface area contributed by atoms with Crippen LogP contribution in [0, 0.1) is 0 Å². The van der Waals surface area contributed by atoms with Crippen LogP contribution in [0.3, 0.4) is 0 Å². The number of anilines is 2. The normalized spacial score (nSPS) is 12.9. The van der Waals surface area contributed by atoms with Crippen molar-refractivity contribution in [1.29, 1.82) is 0 Å². The van der Waals surface area contributed by atoms with Crippen molar-refractivity contribution in [2.75, 3.05) is 5.32 Å². The van der Waals surface area contributed by atoms with E-state index < -0.39 is 23.8 Å². The second kappa shape index (κ2) is 6.35. The molecular formula is C14H13F3N2O2S. The van der Waals surface area contributed by atoms with Gasteiger partial charge in [-0.1, -0.05) is 19.1 Å². The molecule has 0 aliphatic heterocycles. The molecule has 1 aromatic carbocycles. The highest BCUT2D eigenvalue weighted by Gasteiger charge is 2.33. The van der Waals surface area contributed by atoms with Crippen molar-refractivity contribution in [3.05, 3.63) is 40.9 Å².